The molecule has 1 aromatic heterocycles. The van der Waals surface area contributed by atoms with Crippen LogP contribution in [0.2, 0.25) is 0 Å². The smallest absolute Gasteiger partial charge is 0.203 e. The van der Waals surface area contributed by atoms with Gasteiger partial charge in [0.25, 0.3) is 0 Å². The molecule has 2 atom stereocenters. The predicted molar refractivity (Wildman–Crippen MR) is 80.1 cm³/mol. The van der Waals surface area contributed by atoms with E-state index in [9.17, 15) is 0 Å². The Kier molecular flexibility index (Phi) is 4.27. The molecule has 0 saturated carbocycles. The van der Waals surface area contributed by atoms with Crippen LogP contribution in [0.5, 0.6) is 0 Å². The zero-order valence-electron chi connectivity index (χ0n) is 12.6. The van der Waals surface area contributed by atoms with Crippen molar-refractivity contribution in [3.8, 4) is 0 Å². The molecule has 3 rings (SSSR count). The number of aryl methyl sites for hydroxylation is 1. The van der Waals surface area contributed by atoms with Crippen LogP contribution in [0, 0.1) is 6.92 Å². The summed E-state index contributed by atoms with van der Waals surface area (Å²) in [7, 11) is 1.74. The molecule has 0 radical (unpaired) electrons. The molecule has 2 aliphatic heterocycles. The fourth-order valence-electron chi connectivity index (χ4n) is 3.60. The second-order valence-electron chi connectivity index (χ2n) is 6.03. The van der Waals surface area contributed by atoms with Crippen molar-refractivity contribution in [2.24, 2.45) is 0 Å². The quantitative estimate of drug-likeness (QED) is 0.893. The molecule has 5 heteroatoms. The Bertz CT molecular complexity index is 445. The molecule has 0 spiro atoms. The third-order valence-corrected chi connectivity index (χ3v) is 4.60. The first-order valence-electron chi connectivity index (χ1n) is 7.81. The molecule has 5 nitrogen and oxygen atoms in total. The van der Waals surface area contributed by atoms with Crippen LogP contribution in [0.3, 0.4) is 0 Å². The van der Waals surface area contributed by atoms with Gasteiger partial charge in [-0.05, 0) is 32.7 Å². The highest BCUT2D eigenvalue weighted by Crippen LogP contribution is 2.29. The van der Waals surface area contributed by atoms with Gasteiger partial charge in [0.2, 0.25) is 5.95 Å². The molecule has 1 aromatic rings. The lowest BCUT2D eigenvalue weighted by atomic mass is 9.99. The first kappa shape index (κ1) is 13.9. The summed E-state index contributed by atoms with van der Waals surface area (Å²) in [6, 6.07) is 1.26. The first-order valence-corrected chi connectivity index (χ1v) is 7.81. The average molecular weight is 278 g/mol. The van der Waals surface area contributed by atoms with E-state index in [1.165, 1.54) is 38.8 Å². The summed E-state index contributed by atoms with van der Waals surface area (Å²) in [6.45, 7) is 6.15. The van der Waals surface area contributed by atoms with Gasteiger partial charge in [0.1, 0.15) is 0 Å². The topological polar surface area (TPSA) is 42.3 Å². The summed E-state index contributed by atoms with van der Waals surface area (Å²) in [5, 5.41) is 3.69. The summed E-state index contributed by atoms with van der Waals surface area (Å²) < 4.78 is 7.37. The highest BCUT2D eigenvalue weighted by molar-refractivity contribution is 5.31. The normalized spacial score (nSPS) is 26.7. The minimum Gasteiger partial charge on any atom is -0.383 e. The van der Waals surface area contributed by atoms with Gasteiger partial charge in [-0.15, -0.1) is 0 Å². The predicted octanol–water partition coefficient (Wildman–Crippen LogP) is 1.88. The molecular formula is C15H26N4O. The lowest BCUT2D eigenvalue weighted by Gasteiger charge is -2.32. The third kappa shape index (κ3) is 2.83. The maximum atomic E-state index is 5.18. The standard InChI is InChI=1S/C15H26N4O/c1-12-11-19(9-10-20-2)15(16-12)17-13-6-8-18-7-4-3-5-14(13)18/h11,13-14H,3-10H2,1-2H3,(H,16,17). The van der Waals surface area contributed by atoms with Crippen LogP contribution >= 0.6 is 0 Å². The van der Waals surface area contributed by atoms with Crippen molar-refractivity contribution in [2.75, 3.05) is 32.1 Å². The van der Waals surface area contributed by atoms with Crippen molar-refractivity contribution in [1.82, 2.24) is 14.5 Å². The Morgan fingerprint density at radius 3 is 3.10 bits per heavy atom. The van der Waals surface area contributed by atoms with E-state index in [4.69, 9.17) is 4.74 Å². The summed E-state index contributed by atoms with van der Waals surface area (Å²) >= 11 is 0. The van der Waals surface area contributed by atoms with E-state index in [1.54, 1.807) is 7.11 Å². The molecule has 0 aliphatic carbocycles. The van der Waals surface area contributed by atoms with Gasteiger partial charge in [-0.1, -0.05) is 6.42 Å². The maximum absolute atomic E-state index is 5.18. The lowest BCUT2D eigenvalue weighted by Crippen LogP contribution is -2.42. The molecule has 2 fully saturated rings. The van der Waals surface area contributed by atoms with Gasteiger partial charge >= 0.3 is 0 Å². The van der Waals surface area contributed by atoms with Crippen molar-refractivity contribution in [2.45, 2.75) is 51.2 Å². The highest BCUT2D eigenvalue weighted by atomic mass is 16.5. The Morgan fingerprint density at radius 2 is 2.25 bits per heavy atom. The minimum atomic E-state index is 0.554. The molecule has 0 bridgehead atoms. The molecule has 112 valence electrons. The Labute approximate surface area is 121 Å². The Morgan fingerprint density at radius 1 is 1.35 bits per heavy atom. The number of imidazole rings is 1. The van der Waals surface area contributed by atoms with Crippen LogP contribution in [0.25, 0.3) is 0 Å². The van der Waals surface area contributed by atoms with Crippen molar-refractivity contribution in [1.29, 1.82) is 0 Å². The van der Waals surface area contributed by atoms with E-state index in [0.29, 0.717) is 12.1 Å². The number of hydrogen-bond acceptors (Lipinski definition) is 4. The Balaban J connectivity index is 1.68. The average Bonchev–Trinajstić information content (AvgIpc) is 3.01. The van der Waals surface area contributed by atoms with Crippen LogP contribution in [0.4, 0.5) is 5.95 Å². The molecule has 0 amide bonds. The number of ether oxygens (including phenoxy) is 1. The number of anilines is 1. The molecule has 2 unspecified atom stereocenters. The van der Waals surface area contributed by atoms with Crippen LogP contribution < -0.4 is 5.32 Å². The number of fused-ring (bicyclic) bond motifs is 1. The van der Waals surface area contributed by atoms with Gasteiger partial charge in [0.05, 0.1) is 12.3 Å². The maximum Gasteiger partial charge on any atom is 0.203 e. The summed E-state index contributed by atoms with van der Waals surface area (Å²) in [5.74, 6) is 1.01. The molecular weight excluding hydrogens is 252 g/mol. The third-order valence-electron chi connectivity index (χ3n) is 4.60. The summed E-state index contributed by atoms with van der Waals surface area (Å²) in [4.78, 5) is 7.29. The fraction of sp³-hybridized carbons (Fsp3) is 0.800. The van der Waals surface area contributed by atoms with Crippen molar-refractivity contribution >= 4 is 5.95 Å². The first-order chi connectivity index (χ1) is 9.78. The van der Waals surface area contributed by atoms with E-state index in [2.05, 4.69) is 32.9 Å². The van der Waals surface area contributed by atoms with Crippen molar-refractivity contribution in [3.63, 3.8) is 0 Å². The number of rotatable bonds is 5. The molecule has 0 aromatic carbocycles. The number of nitrogens with one attached hydrogen (secondary N) is 1. The largest absolute Gasteiger partial charge is 0.383 e. The highest BCUT2D eigenvalue weighted by Gasteiger charge is 2.35. The minimum absolute atomic E-state index is 0.554. The van der Waals surface area contributed by atoms with E-state index < -0.39 is 0 Å². The number of piperidine rings is 1. The summed E-state index contributed by atoms with van der Waals surface area (Å²) in [5.41, 5.74) is 1.07. The van der Waals surface area contributed by atoms with Crippen LogP contribution in [0.15, 0.2) is 6.20 Å². The number of methoxy groups -OCH3 is 1. The van der Waals surface area contributed by atoms with E-state index in [1.807, 2.05) is 0 Å². The van der Waals surface area contributed by atoms with Crippen LogP contribution in [0.1, 0.15) is 31.4 Å². The fourth-order valence-corrected chi connectivity index (χ4v) is 3.60. The molecule has 1 N–H and O–H groups in total. The van der Waals surface area contributed by atoms with Crippen molar-refractivity contribution < 1.29 is 4.74 Å². The van der Waals surface area contributed by atoms with Gasteiger partial charge in [-0.3, -0.25) is 4.90 Å². The zero-order valence-corrected chi connectivity index (χ0v) is 12.6. The van der Waals surface area contributed by atoms with Gasteiger partial charge < -0.3 is 14.6 Å². The summed E-state index contributed by atoms with van der Waals surface area (Å²) in [6.07, 6.45) is 7.41. The van der Waals surface area contributed by atoms with Crippen LogP contribution in [-0.4, -0.2) is 53.3 Å². The second kappa shape index (κ2) is 6.14. The van der Waals surface area contributed by atoms with Crippen molar-refractivity contribution in [3.05, 3.63) is 11.9 Å². The van der Waals surface area contributed by atoms with Gasteiger partial charge in [-0.25, -0.2) is 4.98 Å². The molecule has 20 heavy (non-hydrogen) atoms. The zero-order chi connectivity index (χ0) is 13.9. The molecule has 2 saturated heterocycles. The van der Waals surface area contributed by atoms with E-state index in [-0.39, 0.29) is 0 Å². The number of hydrogen-bond donors (Lipinski definition) is 1. The van der Waals surface area contributed by atoms with Crippen LogP contribution in [-0.2, 0) is 11.3 Å². The number of nitrogens with zero attached hydrogens (tertiary/aromatic N) is 3. The van der Waals surface area contributed by atoms with Gasteiger partial charge in [0, 0.05) is 38.5 Å². The number of aromatic nitrogens is 2. The van der Waals surface area contributed by atoms with E-state index >= 15 is 0 Å². The molecule has 2 aliphatic rings. The SMILES string of the molecule is COCCn1cc(C)nc1NC1CCN2CCCCC12. The monoisotopic (exact) mass is 278 g/mol. The second-order valence-corrected chi connectivity index (χ2v) is 6.03. The molecule has 3 heterocycles. The Hall–Kier alpha value is -1.07. The van der Waals surface area contributed by atoms with Gasteiger partial charge in [-0.2, -0.15) is 0 Å². The van der Waals surface area contributed by atoms with Gasteiger partial charge in [0.15, 0.2) is 0 Å². The van der Waals surface area contributed by atoms with E-state index in [0.717, 1.165) is 24.8 Å². The lowest BCUT2D eigenvalue weighted by molar-refractivity contribution is 0.186.